The largest absolute Gasteiger partial charge is 0.497 e. The summed E-state index contributed by atoms with van der Waals surface area (Å²) in [6, 6.07) is 12.6. The molecule has 0 bridgehead atoms. The molecule has 0 saturated heterocycles. The Balaban J connectivity index is 2.22. The first kappa shape index (κ1) is 13.6. The highest BCUT2D eigenvalue weighted by molar-refractivity contribution is 5.32. The third kappa shape index (κ3) is 3.14. The minimum atomic E-state index is 0.472. The van der Waals surface area contributed by atoms with Crippen LogP contribution in [0.1, 0.15) is 43.2 Å². The summed E-state index contributed by atoms with van der Waals surface area (Å²) in [7, 11) is 1.70. The zero-order valence-electron chi connectivity index (χ0n) is 11.8. The van der Waals surface area contributed by atoms with Crippen LogP contribution >= 0.6 is 0 Å². The van der Waals surface area contributed by atoms with Crippen molar-refractivity contribution in [2.75, 3.05) is 7.11 Å². The molecule has 0 aliphatic rings. The van der Waals surface area contributed by atoms with Crippen LogP contribution in [0, 0.1) is 0 Å². The van der Waals surface area contributed by atoms with E-state index in [0.29, 0.717) is 11.8 Å². The first-order valence-electron chi connectivity index (χ1n) is 6.80. The predicted molar refractivity (Wildman–Crippen MR) is 78.7 cm³/mol. The number of hydrogen-bond acceptors (Lipinski definition) is 2. The van der Waals surface area contributed by atoms with Crippen LogP contribution in [-0.2, 0) is 0 Å². The Morgan fingerprint density at radius 2 is 1.84 bits per heavy atom. The van der Waals surface area contributed by atoms with E-state index in [1.54, 1.807) is 7.11 Å². The van der Waals surface area contributed by atoms with Gasteiger partial charge in [-0.15, -0.1) is 0 Å². The summed E-state index contributed by atoms with van der Waals surface area (Å²) < 4.78 is 5.21. The first-order chi connectivity index (χ1) is 9.26. The highest BCUT2D eigenvalue weighted by atomic mass is 16.5. The van der Waals surface area contributed by atoms with Crippen molar-refractivity contribution in [1.82, 2.24) is 4.98 Å². The van der Waals surface area contributed by atoms with Gasteiger partial charge in [-0.3, -0.25) is 4.98 Å². The molecule has 0 fully saturated rings. The molecule has 0 unspecified atom stereocenters. The molecule has 2 atom stereocenters. The van der Waals surface area contributed by atoms with E-state index in [2.05, 4.69) is 37.0 Å². The van der Waals surface area contributed by atoms with Gasteiger partial charge >= 0.3 is 0 Å². The number of methoxy groups -OCH3 is 1. The van der Waals surface area contributed by atoms with Crippen molar-refractivity contribution in [3.8, 4) is 5.75 Å². The number of aromatic nitrogens is 1. The number of benzene rings is 1. The number of rotatable bonds is 5. The van der Waals surface area contributed by atoms with Gasteiger partial charge in [0.2, 0.25) is 0 Å². The van der Waals surface area contributed by atoms with Crippen LogP contribution in [0.15, 0.2) is 48.8 Å². The smallest absolute Gasteiger partial charge is 0.118 e. The number of ether oxygens (including phenoxy) is 1. The van der Waals surface area contributed by atoms with E-state index >= 15 is 0 Å². The zero-order chi connectivity index (χ0) is 13.7. The van der Waals surface area contributed by atoms with E-state index in [1.165, 1.54) is 11.1 Å². The van der Waals surface area contributed by atoms with Gasteiger partial charge in [0.1, 0.15) is 5.75 Å². The van der Waals surface area contributed by atoms with Gasteiger partial charge in [-0.25, -0.2) is 0 Å². The molecule has 1 aromatic carbocycles. The molecule has 2 nitrogen and oxygen atoms in total. The van der Waals surface area contributed by atoms with Gasteiger partial charge in [0.15, 0.2) is 0 Å². The van der Waals surface area contributed by atoms with Crippen molar-refractivity contribution in [2.45, 2.75) is 32.1 Å². The number of hydrogen-bond donors (Lipinski definition) is 0. The minimum Gasteiger partial charge on any atom is -0.497 e. The lowest BCUT2D eigenvalue weighted by atomic mass is 9.82. The van der Waals surface area contributed by atoms with E-state index in [1.807, 2.05) is 30.6 Å². The fourth-order valence-corrected chi connectivity index (χ4v) is 2.61. The predicted octanol–water partition coefficient (Wildman–Crippen LogP) is 4.39. The third-order valence-corrected chi connectivity index (χ3v) is 3.80. The minimum absolute atomic E-state index is 0.472. The number of pyridine rings is 1. The van der Waals surface area contributed by atoms with Crippen LogP contribution in [-0.4, -0.2) is 12.1 Å². The summed E-state index contributed by atoms with van der Waals surface area (Å²) in [5.41, 5.74) is 2.66. The van der Waals surface area contributed by atoms with Crippen molar-refractivity contribution in [1.29, 1.82) is 0 Å². The van der Waals surface area contributed by atoms with Gasteiger partial charge in [0, 0.05) is 12.4 Å². The SMILES string of the molecule is CC[C@H](c1cccnc1)[C@H](C)c1ccc(OC)cc1. The first-order valence-corrected chi connectivity index (χ1v) is 6.80. The maximum Gasteiger partial charge on any atom is 0.118 e. The van der Waals surface area contributed by atoms with Crippen LogP contribution in [0.2, 0.25) is 0 Å². The average Bonchev–Trinajstić information content (AvgIpc) is 2.49. The van der Waals surface area contributed by atoms with E-state index in [-0.39, 0.29) is 0 Å². The highest BCUT2D eigenvalue weighted by Crippen LogP contribution is 2.35. The molecule has 0 N–H and O–H groups in total. The molecule has 0 radical (unpaired) electrons. The normalized spacial score (nSPS) is 13.8. The lowest BCUT2D eigenvalue weighted by molar-refractivity contribution is 0.414. The molecule has 0 aliphatic heterocycles. The Morgan fingerprint density at radius 1 is 1.11 bits per heavy atom. The van der Waals surface area contributed by atoms with Gasteiger partial charge in [-0.2, -0.15) is 0 Å². The Hall–Kier alpha value is -1.83. The van der Waals surface area contributed by atoms with Crippen molar-refractivity contribution in [2.24, 2.45) is 0 Å². The Kier molecular flexibility index (Phi) is 4.56. The Bertz CT molecular complexity index is 492. The van der Waals surface area contributed by atoms with E-state index in [0.717, 1.165) is 12.2 Å². The molecule has 1 heterocycles. The summed E-state index contributed by atoms with van der Waals surface area (Å²) in [5.74, 6) is 1.88. The Labute approximate surface area is 115 Å². The fraction of sp³-hybridized carbons (Fsp3) is 0.353. The zero-order valence-corrected chi connectivity index (χ0v) is 11.8. The molecule has 100 valence electrons. The molecule has 19 heavy (non-hydrogen) atoms. The van der Waals surface area contributed by atoms with Gasteiger partial charge < -0.3 is 4.74 Å². The standard InChI is InChI=1S/C17H21NO/c1-4-17(15-6-5-11-18-12-15)13(2)14-7-9-16(19-3)10-8-14/h5-13,17H,4H2,1-3H3/t13-,17+/m1/s1. The average molecular weight is 255 g/mol. The maximum absolute atomic E-state index is 5.21. The quantitative estimate of drug-likeness (QED) is 0.790. The summed E-state index contributed by atoms with van der Waals surface area (Å²) in [4.78, 5) is 4.24. The highest BCUT2D eigenvalue weighted by Gasteiger charge is 2.19. The van der Waals surface area contributed by atoms with Crippen molar-refractivity contribution >= 4 is 0 Å². The molecule has 0 amide bonds. The van der Waals surface area contributed by atoms with Gasteiger partial charge in [-0.05, 0) is 47.6 Å². The van der Waals surface area contributed by atoms with Gasteiger partial charge in [0.25, 0.3) is 0 Å². The molecule has 2 heteroatoms. The van der Waals surface area contributed by atoms with Crippen molar-refractivity contribution in [3.63, 3.8) is 0 Å². The lowest BCUT2D eigenvalue weighted by Crippen LogP contribution is -2.08. The fourth-order valence-electron chi connectivity index (χ4n) is 2.61. The topological polar surface area (TPSA) is 22.1 Å². The monoisotopic (exact) mass is 255 g/mol. The summed E-state index contributed by atoms with van der Waals surface area (Å²) in [6.45, 7) is 4.51. The summed E-state index contributed by atoms with van der Waals surface area (Å²) in [5, 5.41) is 0. The Morgan fingerprint density at radius 3 is 2.37 bits per heavy atom. The lowest BCUT2D eigenvalue weighted by Gasteiger charge is -2.23. The second kappa shape index (κ2) is 6.37. The summed E-state index contributed by atoms with van der Waals surface area (Å²) >= 11 is 0. The summed E-state index contributed by atoms with van der Waals surface area (Å²) in [6.07, 6.45) is 4.92. The van der Waals surface area contributed by atoms with E-state index < -0.39 is 0 Å². The number of nitrogens with zero attached hydrogens (tertiary/aromatic N) is 1. The molecule has 2 aromatic rings. The van der Waals surface area contributed by atoms with Gasteiger partial charge in [-0.1, -0.05) is 32.0 Å². The van der Waals surface area contributed by atoms with Crippen LogP contribution in [0.25, 0.3) is 0 Å². The maximum atomic E-state index is 5.21. The molecular weight excluding hydrogens is 234 g/mol. The third-order valence-electron chi connectivity index (χ3n) is 3.80. The van der Waals surface area contributed by atoms with Gasteiger partial charge in [0.05, 0.1) is 7.11 Å². The van der Waals surface area contributed by atoms with E-state index in [9.17, 15) is 0 Å². The second-order valence-electron chi connectivity index (χ2n) is 4.86. The molecule has 0 aliphatic carbocycles. The van der Waals surface area contributed by atoms with Crippen molar-refractivity contribution in [3.05, 3.63) is 59.9 Å². The molecule has 0 saturated carbocycles. The molecule has 1 aromatic heterocycles. The van der Waals surface area contributed by atoms with Crippen LogP contribution in [0.4, 0.5) is 0 Å². The molecule has 2 rings (SSSR count). The molecule has 0 spiro atoms. The van der Waals surface area contributed by atoms with Crippen LogP contribution < -0.4 is 4.74 Å². The second-order valence-corrected chi connectivity index (χ2v) is 4.86. The van der Waals surface area contributed by atoms with Crippen molar-refractivity contribution < 1.29 is 4.74 Å². The molecular formula is C17H21NO. The van der Waals surface area contributed by atoms with Crippen LogP contribution in [0.5, 0.6) is 5.75 Å². The van der Waals surface area contributed by atoms with E-state index in [4.69, 9.17) is 4.74 Å². The van der Waals surface area contributed by atoms with Crippen LogP contribution in [0.3, 0.4) is 0 Å².